The lowest BCUT2D eigenvalue weighted by Crippen LogP contribution is -2.24. The maximum atomic E-state index is 6.20. The first-order valence-corrected chi connectivity index (χ1v) is 7.45. The maximum absolute atomic E-state index is 6.20. The van der Waals surface area contributed by atoms with Crippen LogP contribution in [0, 0.1) is 0 Å². The van der Waals surface area contributed by atoms with Gasteiger partial charge in [-0.25, -0.2) is 0 Å². The van der Waals surface area contributed by atoms with Gasteiger partial charge < -0.3 is 15.4 Å². The van der Waals surface area contributed by atoms with Gasteiger partial charge in [-0.1, -0.05) is 34.8 Å². The molecule has 0 bridgehead atoms. The lowest BCUT2D eigenvalue weighted by atomic mass is 10.3. The fourth-order valence-corrected chi connectivity index (χ4v) is 2.35. The standard InChI is InChI=1S/C14H11Cl3N2OS/c1-18-14(21)19-9-6-11(16)13(12(17)7-9)20-10-4-2-8(15)3-5-10/h2-7H,1H3,(H2,18,19,21). The molecule has 0 aliphatic carbocycles. The molecule has 2 aromatic carbocycles. The van der Waals surface area contributed by atoms with Crippen molar-refractivity contribution in [2.45, 2.75) is 0 Å². The van der Waals surface area contributed by atoms with Crippen molar-refractivity contribution in [3.05, 3.63) is 51.5 Å². The van der Waals surface area contributed by atoms with Crippen molar-refractivity contribution in [3.8, 4) is 11.5 Å². The minimum atomic E-state index is 0.374. The van der Waals surface area contributed by atoms with Crippen LogP contribution in [-0.2, 0) is 0 Å². The molecule has 0 saturated carbocycles. The highest BCUT2D eigenvalue weighted by molar-refractivity contribution is 7.80. The van der Waals surface area contributed by atoms with Crippen LogP contribution in [0.15, 0.2) is 36.4 Å². The smallest absolute Gasteiger partial charge is 0.170 e. The van der Waals surface area contributed by atoms with Crippen LogP contribution in [0.5, 0.6) is 11.5 Å². The van der Waals surface area contributed by atoms with Crippen LogP contribution >= 0.6 is 47.0 Å². The number of thiocarbonyl (C=S) groups is 1. The Labute approximate surface area is 143 Å². The predicted octanol–water partition coefficient (Wildman–Crippen LogP) is 5.36. The third-order valence-electron chi connectivity index (χ3n) is 2.52. The Morgan fingerprint density at radius 2 is 1.62 bits per heavy atom. The molecule has 0 saturated heterocycles. The van der Waals surface area contributed by atoms with E-state index in [1.807, 2.05) is 0 Å². The lowest BCUT2D eigenvalue weighted by molar-refractivity contribution is 0.483. The second-order valence-corrected chi connectivity index (χ2v) is 5.69. The summed E-state index contributed by atoms with van der Waals surface area (Å²) < 4.78 is 5.68. The number of hydrogen-bond donors (Lipinski definition) is 2. The molecule has 0 aliphatic heterocycles. The lowest BCUT2D eigenvalue weighted by Gasteiger charge is -2.13. The molecule has 3 nitrogen and oxygen atoms in total. The fourth-order valence-electron chi connectivity index (χ4n) is 1.54. The van der Waals surface area contributed by atoms with Crippen molar-refractivity contribution >= 4 is 57.8 Å². The first-order chi connectivity index (χ1) is 9.99. The van der Waals surface area contributed by atoms with E-state index in [2.05, 4.69) is 10.6 Å². The largest absolute Gasteiger partial charge is 0.454 e. The van der Waals surface area contributed by atoms with Gasteiger partial charge in [0.05, 0.1) is 10.0 Å². The number of nitrogens with one attached hydrogen (secondary N) is 2. The Hall–Kier alpha value is -1.20. The van der Waals surface area contributed by atoms with E-state index in [1.165, 1.54) is 0 Å². The van der Waals surface area contributed by atoms with Crippen LogP contribution in [0.25, 0.3) is 0 Å². The van der Waals surface area contributed by atoms with Gasteiger partial charge in [-0.15, -0.1) is 0 Å². The predicted molar refractivity (Wildman–Crippen MR) is 93.3 cm³/mol. The van der Waals surface area contributed by atoms with Gasteiger partial charge in [0.25, 0.3) is 0 Å². The molecule has 0 atom stereocenters. The summed E-state index contributed by atoms with van der Waals surface area (Å²) in [5, 5.41) is 7.59. The first kappa shape index (κ1) is 16.2. The van der Waals surface area contributed by atoms with E-state index in [0.717, 1.165) is 0 Å². The zero-order valence-electron chi connectivity index (χ0n) is 10.9. The molecule has 2 rings (SSSR count). The van der Waals surface area contributed by atoms with Gasteiger partial charge in [0, 0.05) is 17.8 Å². The zero-order chi connectivity index (χ0) is 15.4. The van der Waals surface area contributed by atoms with Crippen LogP contribution in [0.1, 0.15) is 0 Å². The molecule has 0 radical (unpaired) electrons. The number of ether oxygens (including phenoxy) is 1. The van der Waals surface area contributed by atoms with Crippen molar-refractivity contribution in [2.24, 2.45) is 0 Å². The van der Waals surface area contributed by atoms with Crippen molar-refractivity contribution in [1.29, 1.82) is 0 Å². The van der Waals surface area contributed by atoms with Gasteiger partial charge in [0.1, 0.15) is 5.75 Å². The highest BCUT2D eigenvalue weighted by Gasteiger charge is 2.11. The summed E-state index contributed by atoms with van der Waals surface area (Å²) in [4.78, 5) is 0. The summed E-state index contributed by atoms with van der Waals surface area (Å²) in [7, 11) is 1.72. The van der Waals surface area contributed by atoms with Gasteiger partial charge in [-0.05, 0) is 48.6 Å². The van der Waals surface area contributed by atoms with Gasteiger partial charge in [-0.2, -0.15) is 0 Å². The molecule has 0 aromatic heterocycles. The molecule has 0 fully saturated rings. The summed E-state index contributed by atoms with van der Waals surface area (Å²) in [5.74, 6) is 0.969. The summed E-state index contributed by atoms with van der Waals surface area (Å²) in [6.07, 6.45) is 0. The Morgan fingerprint density at radius 3 is 2.14 bits per heavy atom. The zero-order valence-corrected chi connectivity index (χ0v) is 14.0. The fraction of sp³-hybridized carbons (Fsp3) is 0.0714. The van der Waals surface area contributed by atoms with E-state index in [9.17, 15) is 0 Å². The Balaban J connectivity index is 2.24. The van der Waals surface area contributed by atoms with Crippen LogP contribution < -0.4 is 15.4 Å². The van der Waals surface area contributed by atoms with E-state index in [0.29, 0.717) is 37.4 Å². The third-order valence-corrected chi connectivity index (χ3v) is 3.64. The van der Waals surface area contributed by atoms with Crippen LogP contribution in [0.4, 0.5) is 5.69 Å². The molecule has 2 aromatic rings. The minimum absolute atomic E-state index is 0.374. The van der Waals surface area contributed by atoms with Crippen molar-refractivity contribution < 1.29 is 4.74 Å². The SMILES string of the molecule is CNC(=S)Nc1cc(Cl)c(Oc2ccc(Cl)cc2)c(Cl)c1. The Bertz CT molecular complexity index is 639. The van der Waals surface area contributed by atoms with Crippen molar-refractivity contribution in [2.75, 3.05) is 12.4 Å². The molecule has 0 spiro atoms. The Kier molecular flexibility index (Phi) is 5.53. The van der Waals surface area contributed by atoms with Crippen LogP contribution in [0.3, 0.4) is 0 Å². The van der Waals surface area contributed by atoms with Crippen LogP contribution in [-0.4, -0.2) is 12.2 Å². The normalized spacial score (nSPS) is 10.1. The number of benzene rings is 2. The number of halogens is 3. The quantitative estimate of drug-likeness (QED) is 0.721. The summed E-state index contributed by atoms with van der Waals surface area (Å²) in [5.41, 5.74) is 0.674. The van der Waals surface area contributed by atoms with E-state index < -0.39 is 0 Å². The molecular formula is C14H11Cl3N2OS. The highest BCUT2D eigenvalue weighted by atomic mass is 35.5. The average Bonchev–Trinajstić information content (AvgIpc) is 2.44. The summed E-state index contributed by atoms with van der Waals surface area (Å²) in [6.45, 7) is 0. The minimum Gasteiger partial charge on any atom is -0.454 e. The molecule has 2 N–H and O–H groups in total. The molecule has 7 heteroatoms. The second kappa shape index (κ2) is 7.18. The average molecular weight is 362 g/mol. The summed E-state index contributed by atoms with van der Waals surface area (Å²) in [6, 6.07) is 10.3. The monoisotopic (exact) mass is 360 g/mol. The molecule has 21 heavy (non-hydrogen) atoms. The first-order valence-electron chi connectivity index (χ1n) is 5.91. The Morgan fingerprint density at radius 1 is 1.05 bits per heavy atom. The number of anilines is 1. The van der Waals surface area contributed by atoms with Crippen molar-refractivity contribution in [3.63, 3.8) is 0 Å². The van der Waals surface area contributed by atoms with Gasteiger partial charge in [-0.3, -0.25) is 0 Å². The highest BCUT2D eigenvalue weighted by Crippen LogP contribution is 2.39. The topological polar surface area (TPSA) is 33.3 Å². The van der Waals surface area contributed by atoms with E-state index in [1.54, 1.807) is 43.4 Å². The summed E-state index contributed by atoms with van der Waals surface area (Å²) >= 11 is 23.3. The molecule has 0 aliphatic rings. The van der Waals surface area contributed by atoms with E-state index >= 15 is 0 Å². The van der Waals surface area contributed by atoms with E-state index in [4.69, 9.17) is 51.8 Å². The number of hydrogen-bond acceptors (Lipinski definition) is 2. The molecule has 0 heterocycles. The molecular weight excluding hydrogens is 351 g/mol. The van der Waals surface area contributed by atoms with Gasteiger partial charge >= 0.3 is 0 Å². The maximum Gasteiger partial charge on any atom is 0.170 e. The van der Waals surface area contributed by atoms with Crippen LogP contribution in [0.2, 0.25) is 15.1 Å². The number of rotatable bonds is 3. The van der Waals surface area contributed by atoms with Gasteiger partial charge in [0.2, 0.25) is 0 Å². The van der Waals surface area contributed by atoms with Crippen molar-refractivity contribution in [1.82, 2.24) is 5.32 Å². The molecule has 110 valence electrons. The van der Waals surface area contributed by atoms with Gasteiger partial charge in [0.15, 0.2) is 10.9 Å². The molecule has 0 unspecified atom stereocenters. The second-order valence-electron chi connectivity index (χ2n) is 4.03. The van der Waals surface area contributed by atoms with E-state index in [-0.39, 0.29) is 0 Å². The third kappa shape index (κ3) is 4.38. The molecule has 0 amide bonds.